The number of rotatable bonds is 6. The number of benzene rings is 1. The van der Waals surface area contributed by atoms with Crippen LogP contribution in [0.3, 0.4) is 0 Å². The highest BCUT2D eigenvalue weighted by Crippen LogP contribution is 2.18. The Kier molecular flexibility index (Phi) is 5.46. The zero-order valence-electron chi connectivity index (χ0n) is 9.98. The van der Waals surface area contributed by atoms with Crippen molar-refractivity contribution >= 4 is 0 Å². The Balaban J connectivity index is 2.52. The average molecular weight is 223 g/mol. The zero-order chi connectivity index (χ0) is 12.0. The minimum absolute atomic E-state index is 0.0962. The predicted octanol–water partition coefficient (Wildman–Crippen LogP) is 1.43. The SMILES string of the molecule is CC(C)c1ccc(C(O)CNCCO)cc1. The van der Waals surface area contributed by atoms with Crippen LogP contribution in [0.5, 0.6) is 0 Å². The average Bonchev–Trinajstić information content (AvgIpc) is 2.29. The molecular weight excluding hydrogens is 202 g/mol. The molecule has 1 unspecified atom stereocenters. The molecule has 0 fully saturated rings. The first kappa shape index (κ1) is 13.2. The largest absolute Gasteiger partial charge is 0.395 e. The zero-order valence-corrected chi connectivity index (χ0v) is 9.98. The minimum atomic E-state index is -0.507. The van der Waals surface area contributed by atoms with E-state index in [9.17, 15) is 5.11 Å². The second-order valence-corrected chi connectivity index (χ2v) is 4.26. The van der Waals surface area contributed by atoms with Gasteiger partial charge in [-0.15, -0.1) is 0 Å². The topological polar surface area (TPSA) is 52.5 Å². The van der Waals surface area contributed by atoms with E-state index in [0.717, 1.165) is 5.56 Å². The molecule has 1 atom stereocenters. The van der Waals surface area contributed by atoms with Crippen LogP contribution in [0.1, 0.15) is 37.0 Å². The van der Waals surface area contributed by atoms with E-state index in [-0.39, 0.29) is 6.61 Å². The van der Waals surface area contributed by atoms with Crippen molar-refractivity contribution in [2.45, 2.75) is 25.9 Å². The molecule has 1 aromatic rings. The second kappa shape index (κ2) is 6.63. The Hall–Kier alpha value is -0.900. The summed E-state index contributed by atoms with van der Waals surface area (Å²) in [5, 5.41) is 21.4. The Morgan fingerprint density at radius 2 is 1.69 bits per heavy atom. The van der Waals surface area contributed by atoms with Crippen molar-refractivity contribution in [3.63, 3.8) is 0 Å². The first-order valence-corrected chi connectivity index (χ1v) is 5.74. The van der Waals surface area contributed by atoms with E-state index < -0.39 is 6.10 Å². The van der Waals surface area contributed by atoms with Gasteiger partial charge in [0.15, 0.2) is 0 Å². The molecule has 0 bridgehead atoms. The van der Waals surface area contributed by atoms with Gasteiger partial charge in [-0.3, -0.25) is 0 Å². The summed E-state index contributed by atoms with van der Waals surface area (Å²) < 4.78 is 0. The molecule has 0 spiro atoms. The molecule has 0 saturated carbocycles. The summed E-state index contributed by atoms with van der Waals surface area (Å²) in [5.41, 5.74) is 2.19. The van der Waals surface area contributed by atoms with Gasteiger partial charge in [0.2, 0.25) is 0 Å². The van der Waals surface area contributed by atoms with Gasteiger partial charge in [0.1, 0.15) is 0 Å². The van der Waals surface area contributed by atoms with Crippen LogP contribution in [-0.2, 0) is 0 Å². The molecule has 0 aliphatic heterocycles. The third-order valence-corrected chi connectivity index (χ3v) is 2.61. The van der Waals surface area contributed by atoms with Crippen molar-refractivity contribution in [1.29, 1.82) is 0 Å². The summed E-state index contributed by atoms with van der Waals surface area (Å²) in [6, 6.07) is 8.02. The number of aliphatic hydroxyl groups is 2. The van der Waals surface area contributed by atoms with Crippen LogP contribution in [0, 0.1) is 0 Å². The van der Waals surface area contributed by atoms with Gasteiger partial charge in [-0.25, -0.2) is 0 Å². The first-order chi connectivity index (χ1) is 7.65. The van der Waals surface area contributed by atoms with Crippen molar-refractivity contribution < 1.29 is 10.2 Å². The van der Waals surface area contributed by atoms with Gasteiger partial charge < -0.3 is 15.5 Å². The summed E-state index contributed by atoms with van der Waals surface area (Å²) in [5.74, 6) is 0.513. The molecule has 0 aromatic heterocycles. The maximum atomic E-state index is 9.83. The lowest BCUT2D eigenvalue weighted by Crippen LogP contribution is -2.24. The van der Waals surface area contributed by atoms with Crippen molar-refractivity contribution in [3.05, 3.63) is 35.4 Å². The highest BCUT2D eigenvalue weighted by atomic mass is 16.3. The van der Waals surface area contributed by atoms with Crippen LogP contribution >= 0.6 is 0 Å². The van der Waals surface area contributed by atoms with Gasteiger partial charge in [0.05, 0.1) is 12.7 Å². The molecule has 0 heterocycles. The monoisotopic (exact) mass is 223 g/mol. The van der Waals surface area contributed by atoms with E-state index in [1.807, 2.05) is 12.1 Å². The van der Waals surface area contributed by atoms with Crippen LogP contribution in [0.4, 0.5) is 0 Å². The Morgan fingerprint density at radius 3 is 2.19 bits per heavy atom. The van der Waals surface area contributed by atoms with Crippen molar-refractivity contribution in [2.75, 3.05) is 19.7 Å². The van der Waals surface area contributed by atoms with Gasteiger partial charge in [-0.2, -0.15) is 0 Å². The molecule has 0 radical (unpaired) electrons. The van der Waals surface area contributed by atoms with Gasteiger partial charge >= 0.3 is 0 Å². The summed E-state index contributed by atoms with van der Waals surface area (Å²) >= 11 is 0. The molecular formula is C13H21NO2. The second-order valence-electron chi connectivity index (χ2n) is 4.26. The van der Waals surface area contributed by atoms with E-state index in [4.69, 9.17) is 5.11 Å². The molecule has 0 aliphatic rings. The van der Waals surface area contributed by atoms with Crippen molar-refractivity contribution in [2.24, 2.45) is 0 Å². The highest BCUT2D eigenvalue weighted by molar-refractivity contribution is 5.26. The lowest BCUT2D eigenvalue weighted by atomic mass is 10.00. The highest BCUT2D eigenvalue weighted by Gasteiger charge is 2.07. The Labute approximate surface area is 97.1 Å². The van der Waals surface area contributed by atoms with E-state index in [1.165, 1.54) is 5.56 Å². The van der Waals surface area contributed by atoms with Crippen LogP contribution < -0.4 is 5.32 Å². The fraction of sp³-hybridized carbons (Fsp3) is 0.538. The smallest absolute Gasteiger partial charge is 0.0914 e. The fourth-order valence-corrected chi connectivity index (χ4v) is 1.54. The molecule has 3 heteroatoms. The maximum Gasteiger partial charge on any atom is 0.0914 e. The quantitative estimate of drug-likeness (QED) is 0.639. The van der Waals surface area contributed by atoms with Gasteiger partial charge in [0, 0.05) is 13.1 Å². The predicted molar refractivity (Wildman–Crippen MR) is 65.4 cm³/mol. The van der Waals surface area contributed by atoms with E-state index >= 15 is 0 Å². The number of hydrogen-bond acceptors (Lipinski definition) is 3. The van der Waals surface area contributed by atoms with E-state index in [2.05, 4.69) is 31.3 Å². The molecule has 1 aromatic carbocycles. The molecule has 90 valence electrons. The summed E-state index contributed by atoms with van der Waals surface area (Å²) in [6.45, 7) is 5.38. The van der Waals surface area contributed by atoms with Crippen molar-refractivity contribution in [1.82, 2.24) is 5.32 Å². The third-order valence-electron chi connectivity index (χ3n) is 2.61. The molecule has 3 nitrogen and oxygen atoms in total. The van der Waals surface area contributed by atoms with Gasteiger partial charge in [-0.05, 0) is 17.0 Å². The number of hydrogen-bond donors (Lipinski definition) is 3. The molecule has 1 rings (SSSR count). The molecule has 3 N–H and O–H groups in total. The molecule has 0 saturated heterocycles. The summed E-state index contributed by atoms with van der Waals surface area (Å²) in [4.78, 5) is 0. The number of aliphatic hydroxyl groups excluding tert-OH is 2. The third kappa shape index (κ3) is 3.93. The Bertz CT molecular complexity index is 295. The van der Waals surface area contributed by atoms with E-state index in [0.29, 0.717) is 19.0 Å². The van der Waals surface area contributed by atoms with Crippen LogP contribution in [0.15, 0.2) is 24.3 Å². The normalized spacial score (nSPS) is 13.1. The maximum absolute atomic E-state index is 9.83. The summed E-state index contributed by atoms with van der Waals surface area (Å²) in [6.07, 6.45) is -0.507. The molecule has 0 aliphatic carbocycles. The fourth-order valence-electron chi connectivity index (χ4n) is 1.54. The van der Waals surface area contributed by atoms with E-state index in [1.54, 1.807) is 0 Å². The summed E-state index contributed by atoms with van der Waals surface area (Å²) in [7, 11) is 0. The van der Waals surface area contributed by atoms with Crippen molar-refractivity contribution in [3.8, 4) is 0 Å². The number of nitrogens with one attached hydrogen (secondary N) is 1. The van der Waals surface area contributed by atoms with Gasteiger partial charge in [0.25, 0.3) is 0 Å². The lowest BCUT2D eigenvalue weighted by Gasteiger charge is -2.13. The Morgan fingerprint density at radius 1 is 1.12 bits per heavy atom. The van der Waals surface area contributed by atoms with Gasteiger partial charge in [-0.1, -0.05) is 38.1 Å². The van der Waals surface area contributed by atoms with Crippen LogP contribution in [-0.4, -0.2) is 29.9 Å². The molecule has 0 amide bonds. The van der Waals surface area contributed by atoms with Crippen LogP contribution in [0.25, 0.3) is 0 Å². The standard InChI is InChI=1S/C13H21NO2/c1-10(2)11-3-5-12(6-4-11)13(16)9-14-7-8-15/h3-6,10,13-16H,7-9H2,1-2H3. The minimum Gasteiger partial charge on any atom is -0.395 e. The lowest BCUT2D eigenvalue weighted by molar-refractivity contribution is 0.171. The first-order valence-electron chi connectivity index (χ1n) is 5.74. The van der Waals surface area contributed by atoms with Crippen LogP contribution in [0.2, 0.25) is 0 Å². The molecule has 16 heavy (non-hydrogen) atoms.